The molecule has 51 heavy (non-hydrogen) atoms. The number of carbonyl (C=O) groups excluding carboxylic acids is 5. The molecule has 3 fully saturated rings. The number of aromatic nitrogens is 3. The number of rotatable bonds is 10. The lowest BCUT2D eigenvalue weighted by Gasteiger charge is -2.37. The predicted octanol–water partition coefficient (Wildman–Crippen LogP) is 0.889. The molecule has 3 heterocycles. The van der Waals surface area contributed by atoms with Crippen LogP contribution in [0.4, 0.5) is 0 Å². The van der Waals surface area contributed by atoms with Gasteiger partial charge in [-0.3, -0.25) is 24.0 Å². The fourth-order valence-corrected chi connectivity index (χ4v) is 8.67. The summed E-state index contributed by atoms with van der Waals surface area (Å²) in [5, 5.41) is 30.7. The zero-order chi connectivity index (χ0) is 37.1. The number of ketones is 1. The summed E-state index contributed by atoms with van der Waals surface area (Å²) in [4.78, 5) is 73.1. The van der Waals surface area contributed by atoms with E-state index in [1.54, 1.807) is 0 Å². The second-order valence-electron chi connectivity index (χ2n) is 14.2. The van der Waals surface area contributed by atoms with Gasteiger partial charge >= 0.3 is 0 Å². The third kappa shape index (κ3) is 8.39. The van der Waals surface area contributed by atoms with Crippen LogP contribution in [0.15, 0.2) is 35.5 Å². The Morgan fingerprint density at radius 2 is 1.75 bits per heavy atom. The van der Waals surface area contributed by atoms with E-state index in [0.29, 0.717) is 11.3 Å². The fraction of sp³-hybridized carbons (Fsp3) is 0.559. The molecule has 0 spiro atoms. The highest BCUT2D eigenvalue weighted by molar-refractivity contribution is 7.91. The van der Waals surface area contributed by atoms with Crippen LogP contribution in [-0.4, -0.2) is 98.2 Å². The van der Waals surface area contributed by atoms with Gasteiger partial charge in [0.2, 0.25) is 11.7 Å². The Bertz CT molecular complexity index is 1870. The summed E-state index contributed by atoms with van der Waals surface area (Å²) in [6, 6.07) is 5.81. The summed E-state index contributed by atoms with van der Waals surface area (Å²) in [7, 11) is -3.54. The molecule has 1 aliphatic carbocycles. The number of nitriles is 1. The van der Waals surface area contributed by atoms with Gasteiger partial charge in [-0.05, 0) is 63.3 Å². The first-order valence-electron chi connectivity index (χ1n) is 17.0. The number of Topliss-reactive ketones (excluding diaryl/α,β-unsaturated/α-hetero) is 1. The average molecular weight is 723 g/mol. The van der Waals surface area contributed by atoms with Gasteiger partial charge in [-0.1, -0.05) is 37.3 Å². The van der Waals surface area contributed by atoms with Crippen molar-refractivity contribution in [3.8, 4) is 6.07 Å². The first kappa shape index (κ1) is 37.4. The number of nitrogens with two attached hydrogens (primary N) is 1. The van der Waals surface area contributed by atoms with Crippen LogP contribution in [0.1, 0.15) is 99.3 Å². The second-order valence-corrected chi connectivity index (χ2v) is 16.5. The van der Waals surface area contributed by atoms with Gasteiger partial charge in [0, 0.05) is 18.5 Å². The minimum atomic E-state index is -3.54. The minimum absolute atomic E-state index is 0.0543. The number of hydrogen-bond donors (Lipinski definition) is 3. The molecule has 5 rings (SSSR count). The van der Waals surface area contributed by atoms with E-state index in [1.807, 2.05) is 6.07 Å². The van der Waals surface area contributed by atoms with Crippen molar-refractivity contribution in [2.45, 2.75) is 94.9 Å². The van der Waals surface area contributed by atoms with Crippen molar-refractivity contribution in [3.05, 3.63) is 47.3 Å². The number of aliphatic hydroxyl groups is 1. The number of aliphatic imine (C=N–C) groups is 1. The van der Waals surface area contributed by atoms with Crippen molar-refractivity contribution in [1.82, 2.24) is 25.2 Å². The van der Waals surface area contributed by atoms with E-state index in [9.17, 15) is 42.8 Å². The topological polar surface area (TPSA) is 248 Å². The molecule has 1 aromatic heterocycles. The molecular formula is C34H42N8O8S. The SMILES string of the molecule is CC(C)(O)c1cnnn1[C@H]1C[C@@H](C(=O)NC2(C(=O)C(N)=O)CCS(=O)(=O)CC2)N(C(=O)/C(CC2CCCCC2)=N/C(=O)c2ccc(C#N)cc2)C1. The van der Waals surface area contributed by atoms with Gasteiger partial charge in [-0.15, -0.1) is 5.10 Å². The Balaban J connectivity index is 1.53. The standard InChI is InChI=1S/C34H42N8O8S/c1-33(2,48)27-19-37-40-42(27)24-17-26(31(46)39-34(28(43)29(36)44)12-14-51(49,50)15-13-34)41(20-24)32(47)25(16-21-6-4-3-5-7-21)38-30(45)23-10-8-22(18-35)9-11-23/h8-11,19,21,24,26,48H,3-7,12-17,20H2,1-2H3,(H2,36,44)(H,39,46)/b38-25+/t24-,26-/m0/s1. The van der Waals surface area contributed by atoms with E-state index >= 15 is 0 Å². The molecule has 272 valence electrons. The number of carbonyl (C=O) groups is 5. The average Bonchev–Trinajstić information content (AvgIpc) is 3.77. The van der Waals surface area contributed by atoms with Crippen molar-refractivity contribution in [1.29, 1.82) is 5.26 Å². The molecule has 2 aromatic rings. The summed E-state index contributed by atoms with van der Waals surface area (Å²) in [6.45, 7) is 2.94. The Kier molecular flexibility index (Phi) is 10.9. The molecule has 4 N–H and O–H groups in total. The van der Waals surface area contributed by atoms with Crippen LogP contribution in [0.5, 0.6) is 0 Å². The van der Waals surface area contributed by atoms with Crippen molar-refractivity contribution in [2.75, 3.05) is 18.1 Å². The highest BCUT2D eigenvalue weighted by Gasteiger charge is 2.50. The minimum Gasteiger partial charge on any atom is -0.384 e. The Labute approximate surface area is 295 Å². The molecule has 2 saturated heterocycles. The normalized spacial score (nSPS) is 22.2. The third-order valence-corrected chi connectivity index (χ3v) is 11.7. The lowest BCUT2D eigenvalue weighted by atomic mass is 9.85. The number of amides is 4. The number of sulfone groups is 1. The first-order valence-corrected chi connectivity index (χ1v) is 18.8. The number of primary amides is 1. The van der Waals surface area contributed by atoms with Gasteiger partial charge in [0.1, 0.15) is 22.9 Å². The van der Waals surface area contributed by atoms with Gasteiger partial charge in [-0.25, -0.2) is 18.1 Å². The molecule has 0 radical (unpaired) electrons. The maximum Gasteiger partial charge on any atom is 0.287 e. The lowest BCUT2D eigenvalue weighted by molar-refractivity contribution is -0.143. The largest absolute Gasteiger partial charge is 0.384 e. The Hall–Kier alpha value is -4.82. The van der Waals surface area contributed by atoms with Crippen LogP contribution < -0.4 is 11.1 Å². The van der Waals surface area contributed by atoms with Gasteiger partial charge in [0.25, 0.3) is 17.7 Å². The molecule has 2 atom stereocenters. The highest BCUT2D eigenvalue weighted by atomic mass is 32.2. The summed E-state index contributed by atoms with van der Waals surface area (Å²) in [6.07, 6.45) is 5.28. The Morgan fingerprint density at radius 3 is 2.33 bits per heavy atom. The lowest BCUT2D eigenvalue weighted by Crippen LogP contribution is -2.64. The summed E-state index contributed by atoms with van der Waals surface area (Å²) in [5.41, 5.74) is 2.79. The van der Waals surface area contributed by atoms with E-state index in [4.69, 9.17) is 5.73 Å². The molecule has 4 amide bonds. The maximum atomic E-state index is 14.6. The maximum absolute atomic E-state index is 14.6. The quantitative estimate of drug-likeness (QED) is 0.229. The molecule has 1 saturated carbocycles. The monoisotopic (exact) mass is 722 g/mol. The van der Waals surface area contributed by atoms with Crippen LogP contribution in [-0.2, 0) is 34.6 Å². The van der Waals surface area contributed by atoms with Crippen LogP contribution in [0, 0.1) is 17.2 Å². The second kappa shape index (κ2) is 14.8. The van der Waals surface area contributed by atoms with Crippen molar-refractivity contribution in [3.63, 3.8) is 0 Å². The number of likely N-dealkylation sites (tertiary alicyclic amines) is 1. The van der Waals surface area contributed by atoms with Crippen molar-refractivity contribution < 1.29 is 37.5 Å². The van der Waals surface area contributed by atoms with E-state index in [1.165, 1.54) is 53.9 Å². The molecule has 1 aromatic carbocycles. The predicted molar refractivity (Wildman–Crippen MR) is 181 cm³/mol. The molecule has 2 aliphatic heterocycles. The molecule has 0 bridgehead atoms. The third-order valence-electron chi connectivity index (χ3n) is 10.0. The number of nitrogens with one attached hydrogen (secondary N) is 1. The molecule has 3 aliphatic rings. The van der Waals surface area contributed by atoms with Crippen LogP contribution in [0.25, 0.3) is 0 Å². The molecule has 16 nitrogen and oxygen atoms in total. The van der Waals surface area contributed by atoms with Gasteiger partial charge in [0.05, 0.1) is 41.1 Å². The van der Waals surface area contributed by atoms with E-state index < -0.39 is 74.0 Å². The van der Waals surface area contributed by atoms with E-state index in [-0.39, 0.29) is 49.4 Å². The number of hydrogen-bond acceptors (Lipinski definition) is 11. The van der Waals surface area contributed by atoms with Gasteiger partial charge in [-0.2, -0.15) is 5.26 Å². The van der Waals surface area contributed by atoms with E-state index in [2.05, 4.69) is 20.6 Å². The van der Waals surface area contributed by atoms with Gasteiger partial charge < -0.3 is 21.1 Å². The smallest absolute Gasteiger partial charge is 0.287 e. The van der Waals surface area contributed by atoms with E-state index in [0.717, 1.165) is 32.1 Å². The zero-order valence-corrected chi connectivity index (χ0v) is 29.4. The van der Waals surface area contributed by atoms with Crippen molar-refractivity contribution >= 4 is 45.0 Å². The van der Waals surface area contributed by atoms with Crippen LogP contribution in [0.3, 0.4) is 0 Å². The fourth-order valence-electron chi connectivity index (χ4n) is 7.15. The Morgan fingerprint density at radius 1 is 1.10 bits per heavy atom. The summed E-state index contributed by atoms with van der Waals surface area (Å²) >= 11 is 0. The number of benzene rings is 1. The summed E-state index contributed by atoms with van der Waals surface area (Å²) in [5.74, 6) is -5.60. The van der Waals surface area contributed by atoms with Crippen LogP contribution in [0.2, 0.25) is 0 Å². The van der Waals surface area contributed by atoms with Crippen molar-refractivity contribution in [2.24, 2.45) is 16.6 Å². The van der Waals surface area contributed by atoms with Crippen LogP contribution >= 0.6 is 0 Å². The highest BCUT2D eigenvalue weighted by Crippen LogP contribution is 2.34. The van der Waals surface area contributed by atoms with Gasteiger partial charge in [0.15, 0.2) is 9.84 Å². The first-order chi connectivity index (χ1) is 24.0. The summed E-state index contributed by atoms with van der Waals surface area (Å²) < 4.78 is 26.0. The molecular weight excluding hydrogens is 680 g/mol. The number of nitrogens with zero attached hydrogens (tertiary/aromatic N) is 6. The molecule has 0 unspecified atom stereocenters. The molecule has 17 heteroatoms. The zero-order valence-electron chi connectivity index (χ0n) is 28.6.